The van der Waals surface area contributed by atoms with Gasteiger partial charge in [0.25, 0.3) is 0 Å². The van der Waals surface area contributed by atoms with Crippen LogP contribution in [0, 0.1) is 17.3 Å². The standard InChI is InChI=1S/C25H48O4/c1-5-17-22(25(20-6-2,21(3)4)24(28)29)18-15-13-11-9-7-8-10-12-14-16-19-23(26)27/h21-22H,5-20H2,1-4H3,(H,26,27)(H,28,29). The van der Waals surface area contributed by atoms with Crippen molar-refractivity contribution >= 4 is 11.9 Å². The number of hydrogen-bond acceptors (Lipinski definition) is 2. The second-order valence-electron chi connectivity index (χ2n) is 9.20. The van der Waals surface area contributed by atoms with E-state index in [1.54, 1.807) is 0 Å². The number of hydrogen-bond donors (Lipinski definition) is 2. The van der Waals surface area contributed by atoms with Gasteiger partial charge in [0.1, 0.15) is 0 Å². The number of aliphatic carboxylic acids is 2. The van der Waals surface area contributed by atoms with Gasteiger partial charge >= 0.3 is 11.9 Å². The Balaban J connectivity index is 4.14. The molecule has 0 spiro atoms. The molecular weight excluding hydrogens is 364 g/mol. The zero-order valence-electron chi connectivity index (χ0n) is 19.7. The van der Waals surface area contributed by atoms with Crippen molar-refractivity contribution in [2.24, 2.45) is 17.3 Å². The molecule has 0 fully saturated rings. The minimum absolute atomic E-state index is 0.173. The maximum Gasteiger partial charge on any atom is 0.310 e. The third-order valence-corrected chi connectivity index (χ3v) is 6.65. The second-order valence-corrected chi connectivity index (χ2v) is 9.20. The molecule has 2 N–H and O–H groups in total. The quantitative estimate of drug-likeness (QED) is 0.201. The van der Waals surface area contributed by atoms with Crippen LogP contribution in [0.4, 0.5) is 0 Å². The first-order chi connectivity index (χ1) is 13.8. The first-order valence-corrected chi connectivity index (χ1v) is 12.3. The number of rotatable bonds is 20. The van der Waals surface area contributed by atoms with Gasteiger partial charge in [-0.1, -0.05) is 98.3 Å². The third-order valence-electron chi connectivity index (χ3n) is 6.65. The van der Waals surface area contributed by atoms with E-state index >= 15 is 0 Å². The van der Waals surface area contributed by atoms with Gasteiger partial charge in [-0.05, 0) is 37.5 Å². The van der Waals surface area contributed by atoms with Crippen LogP contribution in [0.5, 0.6) is 0 Å². The Labute approximate surface area is 179 Å². The van der Waals surface area contributed by atoms with E-state index in [9.17, 15) is 14.7 Å². The zero-order chi connectivity index (χ0) is 22.1. The van der Waals surface area contributed by atoms with Crippen LogP contribution in [0.3, 0.4) is 0 Å². The molecule has 0 radical (unpaired) electrons. The van der Waals surface area contributed by atoms with Crippen LogP contribution >= 0.6 is 0 Å². The van der Waals surface area contributed by atoms with Crippen molar-refractivity contribution < 1.29 is 19.8 Å². The molecule has 0 bridgehead atoms. The molecule has 0 aromatic heterocycles. The van der Waals surface area contributed by atoms with Gasteiger partial charge in [-0.25, -0.2) is 0 Å². The molecule has 0 rings (SSSR count). The van der Waals surface area contributed by atoms with E-state index in [1.165, 1.54) is 38.5 Å². The molecule has 2 unspecified atom stereocenters. The van der Waals surface area contributed by atoms with Crippen LogP contribution in [-0.2, 0) is 9.59 Å². The van der Waals surface area contributed by atoms with Crippen molar-refractivity contribution in [3.63, 3.8) is 0 Å². The lowest BCUT2D eigenvalue weighted by molar-refractivity contribution is -0.158. The molecule has 29 heavy (non-hydrogen) atoms. The molecule has 0 aliphatic carbocycles. The van der Waals surface area contributed by atoms with Gasteiger partial charge in [0.15, 0.2) is 0 Å². The summed E-state index contributed by atoms with van der Waals surface area (Å²) in [5.74, 6) is -0.811. The summed E-state index contributed by atoms with van der Waals surface area (Å²) in [4.78, 5) is 22.7. The van der Waals surface area contributed by atoms with Crippen LogP contribution in [0.1, 0.15) is 130 Å². The fraction of sp³-hybridized carbons (Fsp3) is 0.920. The van der Waals surface area contributed by atoms with Crippen molar-refractivity contribution in [1.82, 2.24) is 0 Å². The first-order valence-electron chi connectivity index (χ1n) is 12.3. The molecule has 4 heteroatoms. The Bertz CT molecular complexity index is 433. The largest absolute Gasteiger partial charge is 0.481 e. The lowest BCUT2D eigenvalue weighted by atomic mass is 9.62. The highest BCUT2D eigenvalue weighted by Crippen LogP contribution is 2.45. The predicted octanol–water partition coefficient (Wildman–Crippen LogP) is 7.70. The minimum Gasteiger partial charge on any atom is -0.481 e. The van der Waals surface area contributed by atoms with Crippen LogP contribution in [0.25, 0.3) is 0 Å². The Morgan fingerprint density at radius 2 is 1.21 bits per heavy atom. The Kier molecular flexibility index (Phi) is 16.1. The Morgan fingerprint density at radius 1 is 0.724 bits per heavy atom. The summed E-state index contributed by atoms with van der Waals surface area (Å²) in [6.07, 6.45) is 16.7. The summed E-state index contributed by atoms with van der Waals surface area (Å²) in [7, 11) is 0. The summed E-state index contributed by atoms with van der Waals surface area (Å²) in [5, 5.41) is 18.7. The molecule has 0 amide bonds. The lowest BCUT2D eigenvalue weighted by Gasteiger charge is -2.41. The molecule has 2 atom stereocenters. The molecule has 0 saturated carbocycles. The van der Waals surface area contributed by atoms with Crippen molar-refractivity contribution in [2.45, 2.75) is 130 Å². The third kappa shape index (κ3) is 11.1. The average Bonchev–Trinajstić information content (AvgIpc) is 2.65. The maximum atomic E-state index is 12.3. The fourth-order valence-corrected chi connectivity index (χ4v) is 5.00. The van der Waals surface area contributed by atoms with E-state index < -0.39 is 17.4 Å². The predicted molar refractivity (Wildman–Crippen MR) is 121 cm³/mol. The van der Waals surface area contributed by atoms with Gasteiger partial charge < -0.3 is 10.2 Å². The van der Waals surface area contributed by atoms with Gasteiger partial charge in [0, 0.05) is 6.42 Å². The van der Waals surface area contributed by atoms with Gasteiger partial charge in [-0.3, -0.25) is 9.59 Å². The fourth-order valence-electron chi connectivity index (χ4n) is 5.00. The van der Waals surface area contributed by atoms with Crippen molar-refractivity contribution in [3.05, 3.63) is 0 Å². The van der Waals surface area contributed by atoms with E-state index in [0.717, 1.165) is 57.8 Å². The average molecular weight is 413 g/mol. The maximum absolute atomic E-state index is 12.3. The number of carboxylic acids is 2. The molecule has 0 saturated heterocycles. The van der Waals surface area contributed by atoms with Gasteiger partial charge in [0.05, 0.1) is 5.41 Å². The van der Waals surface area contributed by atoms with Crippen molar-refractivity contribution in [3.8, 4) is 0 Å². The van der Waals surface area contributed by atoms with E-state index in [-0.39, 0.29) is 11.8 Å². The molecule has 172 valence electrons. The topological polar surface area (TPSA) is 74.6 Å². The smallest absolute Gasteiger partial charge is 0.310 e. The van der Waals surface area contributed by atoms with Crippen LogP contribution < -0.4 is 0 Å². The summed E-state index contributed by atoms with van der Waals surface area (Å²) in [5.41, 5.74) is -0.564. The van der Waals surface area contributed by atoms with Crippen LogP contribution in [0.2, 0.25) is 0 Å². The minimum atomic E-state index is -0.685. The lowest BCUT2D eigenvalue weighted by Crippen LogP contribution is -2.43. The molecular formula is C25H48O4. The SMILES string of the molecule is CCCC(CCCCCCCCCCCCC(=O)O)C(CCC)(C(=O)O)C(C)C. The van der Waals surface area contributed by atoms with E-state index in [1.807, 2.05) is 0 Å². The summed E-state index contributed by atoms with van der Waals surface area (Å²) in [6, 6.07) is 0. The summed E-state index contributed by atoms with van der Waals surface area (Å²) >= 11 is 0. The zero-order valence-corrected chi connectivity index (χ0v) is 19.7. The molecule has 0 aromatic carbocycles. The van der Waals surface area contributed by atoms with Crippen molar-refractivity contribution in [2.75, 3.05) is 0 Å². The number of carboxylic acid groups (broad SMARTS) is 2. The highest BCUT2D eigenvalue weighted by molar-refractivity contribution is 5.75. The van der Waals surface area contributed by atoms with Crippen LogP contribution in [0.15, 0.2) is 0 Å². The van der Waals surface area contributed by atoms with Gasteiger partial charge in [-0.15, -0.1) is 0 Å². The molecule has 0 aromatic rings. The summed E-state index contributed by atoms with van der Waals surface area (Å²) in [6.45, 7) is 8.46. The number of unbranched alkanes of at least 4 members (excludes halogenated alkanes) is 9. The highest BCUT2D eigenvalue weighted by atomic mass is 16.4. The molecule has 4 nitrogen and oxygen atoms in total. The normalized spacial score (nSPS) is 14.7. The second kappa shape index (κ2) is 16.7. The summed E-state index contributed by atoms with van der Waals surface area (Å²) < 4.78 is 0. The van der Waals surface area contributed by atoms with Gasteiger partial charge in [-0.2, -0.15) is 0 Å². The monoisotopic (exact) mass is 412 g/mol. The van der Waals surface area contributed by atoms with E-state index in [0.29, 0.717) is 6.42 Å². The molecule has 0 aliphatic rings. The van der Waals surface area contributed by atoms with Gasteiger partial charge in [0.2, 0.25) is 0 Å². The number of carbonyl (C=O) groups is 2. The highest BCUT2D eigenvalue weighted by Gasteiger charge is 2.46. The molecule has 0 heterocycles. The van der Waals surface area contributed by atoms with Crippen molar-refractivity contribution in [1.29, 1.82) is 0 Å². The first kappa shape index (κ1) is 27.9. The van der Waals surface area contributed by atoms with Crippen LogP contribution in [-0.4, -0.2) is 22.2 Å². The Morgan fingerprint density at radius 3 is 1.59 bits per heavy atom. The van der Waals surface area contributed by atoms with E-state index in [2.05, 4.69) is 27.7 Å². The molecule has 0 aliphatic heterocycles. The van der Waals surface area contributed by atoms with E-state index in [4.69, 9.17) is 5.11 Å². The Hall–Kier alpha value is -1.06.